The van der Waals surface area contributed by atoms with Gasteiger partial charge in [0, 0.05) is 30.9 Å². The van der Waals surface area contributed by atoms with Crippen LogP contribution in [0.5, 0.6) is 0 Å². The Bertz CT molecular complexity index is 986. The van der Waals surface area contributed by atoms with Crippen molar-refractivity contribution in [1.82, 2.24) is 9.97 Å². The molecular weight excluding hydrogens is 411 g/mol. The van der Waals surface area contributed by atoms with Crippen molar-refractivity contribution in [3.63, 3.8) is 0 Å². The summed E-state index contributed by atoms with van der Waals surface area (Å²) in [6.45, 7) is 3.24. The Morgan fingerprint density at radius 2 is 2.15 bits per heavy atom. The number of aromatic nitrogens is 2. The number of anilines is 2. The van der Waals surface area contributed by atoms with Crippen LogP contribution in [0.4, 0.5) is 11.5 Å². The van der Waals surface area contributed by atoms with Crippen molar-refractivity contribution in [2.24, 2.45) is 0 Å². The molecule has 0 amide bonds. The smallest absolute Gasteiger partial charge is 0.224 e. The van der Waals surface area contributed by atoms with Crippen molar-refractivity contribution >= 4 is 44.5 Å². The van der Waals surface area contributed by atoms with Crippen LogP contribution in [0.25, 0.3) is 0 Å². The van der Waals surface area contributed by atoms with Gasteiger partial charge in [0.05, 0.1) is 36.0 Å². The minimum atomic E-state index is -3.30. The van der Waals surface area contributed by atoms with Gasteiger partial charge in [0.25, 0.3) is 0 Å². The third-order valence-corrected chi connectivity index (χ3v) is 6.45. The summed E-state index contributed by atoms with van der Waals surface area (Å²) in [4.78, 5) is 13.1. The van der Waals surface area contributed by atoms with E-state index in [4.69, 9.17) is 27.9 Å². The highest BCUT2D eigenvalue weighted by Gasteiger charge is 2.34. The highest BCUT2D eigenvalue weighted by atomic mass is 35.5. The largest absolute Gasteiger partial charge is 0.377 e. The highest BCUT2D eigenvalue weighted by molar-refractivity contribution is 7.90. The van der Waals surface area contributed by atoms with Crippen molar-refractivity contribution in [2.75, 3.05) is 42.4 Å². The molecule has 0 radical (unpaired) electrons. The molecule has 1 fully saturated rings. The number of hydrogen-bond donors (Lipinski definition) is 0. The zero-order valence-electron chi connectivity index (χ0n) is 14.6. The number of ether oxygens (including phenoxy) is 1. The summed E-state index contributed by atoms with van der Waals surface area (Å²) in [5.41, 5.74) is 1.70. The van der Waals surface area contributed by atoms with E-state index < -0.39 is 9.84 Å². The third-order valence-electron chi connectivity index (χ3n) is 4.81. The first-order valence-electron chi connectivity index (χ1n) is 8.43. The van der Waals surface area contributed by atoms with E-state index >= 15 is 0 Å². The number of fused-ring (bicyclic) bond motifs is 3. The van der Waals surface area contributed by atoms with E-state index in [9.17, 15) is 8.42 Å². The van der Waals surface area contributed by atoms with Gasteiger partial charge in [-0.25, -0.2) is 13.4 Å². The summed E-state index contributed by atoms with van der Waals surface area (Å²) in [7, 11) is -3.30. The van der Waals surface area contributed by atoms with Gasteiger partial charge < -0.3 is 14.5 Å². The molecule has 2 aliphatic rings. The second-order valence-electron chi connectivity index (χ2n) is 6.68. The number of nitrogens with zero attached hydrogens (tertiary/aromatic N) is 4. The quantitative estimate of drug-likeness (QED) is 0.694. The minimum Gasteiger partial charge on any atom is -0.377 e. The van der Waals surface area contributed by atoms with Crippen molar-refractivity contribution in [2.45, 2.75) is 17.5 Å². The first-order chi connectivity index (χ1) is 12.8. The fourth-order valence-electron chi connectivity index (χ4n) is 3.46. The van der Waals surface area contributed by atoms with Gasteiger partial charge in [0.2, 0.25) is 5.28 Å². The Balaban J connectivity index is 1.68. The lowest BCUT2D eigenvalue weighted by Crippen LogP contribution is -2.55. The topological polar surface area (TPSA) is 75.6 Å². The average Bonchev–Trinajstić information content (AvgIpc) is 2.62. The molecule has 7 nitrogen and oxygen atoms in total. The molecular formula is C17H18Cl2N4O3S. The molecule has 3 heterocycles. The molecule has 2 aromatic rings. The van der Waals surface area contributed by atoms with Crippen LogP contribution < -0.4 is 9.80 Å². The maximum absolute atomic E-state index is 11.7. The second kappa shape index (κ2) is 7.09. The normalized spacial score (nSPS) is 19.6. The Kier molecular flexibility index (Phi) is 4.92. The first kappa shape index (κ1) is 18.7. The lowest BCUT2D eigenvalue weighted by Gasteiger charge is -2.45. The van der Waals surface area contributed by atoms with E-state index in [1.165, 1.54) is 6.07 Å². The van der Waals surface area contributed by atoms with Crippen LogP contribution in [-0.4, -0.2) is 57.0 Å². The fourth-order valence-corrected chi connectivity index (χ4v) is 4.54. The van der Waals surface area contributed by atoms with E-state index in [1.54, 1.807) is 18.3 Å². The van der Waals surface area contributed by atoms with Gasteiger partial charge in [-0.3, -0.25) is 0 Å². The maximum atomic E-state index is 11.7. The van der Waals surface area contributed by atoms with Crippen molar-refractivity contribution in [3.8, 4) is 0 Å². The number of sulfone groups is 1. The monoisotopic (exact) mass is 428 g/mol. The zero-order chi connectivity index (χ0) is 19.2. The predicted octanol–water partition coefficient (Wildman–Crippen LogP) is 2.41. The Morgan fingerprint density at radius 1 is 1.33 bits per heavy atom. The average molecular weight is 429 g/mol. The number of hydrogen-bond acceptors (Lipinski definition) is 7. The molecule has 2 aliphatic heterocycles. The summed E-state index contributed by atoms with van der Waals surface area (Å²) in [6, 6.07) is 4.98. The molecule has 144 valence electrons. The molecule has 1 aromatic carbocycles. The standard InChI is InChI=1S/C17H18Cl2N4O3S/c1-27(24,25)13-3-2-11(14(18)6-13)8-22-9-12-10-26-5-4-23(12)16-15(22)7-20-17(19)21-16/h2-3,6-7,12H,4-5,8-10H2,1H3. The Hall–Kier alpha value is -1.61. The van der Waals surface area contributed by atoms with Gasteiger partial charge in [0.15, 0.2) is 15.7 Å². The number of morpholine rings is 1. The molecule has 0 N–H and O–H groups in total. The summed E-state index contributed by atoms with van der Waals surface area (Å²) in [5.74, 6) is 0.790. The number of benzene rings is 1. The van der Waals surface area contributed by atoms with Crippen LogP contribution >= 0.6 is 23.2 Å². The lowest BCUT2D eigenvalue weighted by molar-refractivity contribution is 0.0936. The van der Waals surface area contributed by atoms with Gasteiger partial charge in [-0.1, -0.05) is 17.7 Å². The number of rotatable bonds is 3. The summed E-state index contributed by atoms with van der Waals surface area (Å²) in [6.07, 6.45) is 2.88. The molecule has 0 bridgehead atoms. The van der Waals surface area contributed by atoms with Gasteiger partial charge in [-0.15, -0.1) is 0 Å². The van der Waals surface area contributed by atoms with Crippen LogP contribution in [0.3, 0.4) is 0 Å². The van der Waals surface area contributed by atoms with Crippen molar-refractivity contribution in [3.05, 3.63) is 40.3 Å². The molecule has 27 heavy (non-hydrogen) atoms. The molecule has 0 aliphatic carbocycles. The fraction of sp³-hybridized carbons (Fsp3) is 0.412. The van der Waals surface area contributed by atoms with Gasteiger partial charge in [-0.05, 0) is 29.3 Å². The molecule has 1 atom stereocenters. The maximum Gasteiger partial charge on any atom is 0.224 e. The SMILES string of the molecule is CS(=O)(=O)c1ccc(CN2CC3COCCN3c3nc(Cl)ncc32)c(Cl)c1. The third kappa shape index (κ3) is 3.71. The molecule has 1 aromatic heterocycles. The predicted molar refractivity (Wildman–Crippen MR) is 105 cm³/mol. The van der Waals surface area contributed by atoms with Crippen LogP contribution in [-0.2, 0) is 21.1 Å². The first-order valence-corrected chi connectivity index (χ1v) is 11.1. The summed E-state index contributed by atoms with van der Waals surface area (Å²) in [5, 5.41) is 0.619. The van der Waals surface area contributed by atoms with Gasteiger partial charge in [-0.2, -0.15) is 4.98 Å². The van der Waals surface area contributed by atoms with E-state index in [-0.39, 0.29) is 16.2 Å². The van der Waals surface area contributed by atoms with Gasteiger partial charge in [0.1, 0.15) is 0 Å². The van der Waals surface area contributed by atoms with Crippen LogP contribution in [0, 0.1) is 0 Å². The lowest BCUT2D eigenvalue weighted by atomic mass is 10.1. The molecule has 0 saturated carbocycles. The molecule has 4 rings (SSSR count). The molecule has 1 unspecified atom stereocenters. The highest BCUT2D eigenvalue weighted by Crippen LogP contribution is 2.36. The Morgan fingerprint density at radius 3 is 2.89 bits per heavy atom. The molecule has 10 heteroatoms. The van der Waals surface area contributed by atoms with Crippen LogP contribution in [0.2, 0.25) is 10.3 Å². The van der Waals surface area contributed by atoms with E-state index in [2.05, 4.69) is 19.8 Å². The Labute approximate surface area is 167 Å². The van der Waals surface area contributed by atoms with Crippen LogP contribution in [0.1, 0.15) is 5.56 Å². The summed E-state index contributed by atoms with van der Waals surface area (Å²) < 4.78 is 29.1. The molecule has 0 spiro atoms. The van der Waals surface area contributed by atoms with Gasteiger partial charge >= 0.3 is 0 Å². The number of halogens is 2. The molecule has 1 saturated heterocycles. The van der Waals surface area contributed by atoms with Crippen LogP contribution in [0.15, 0.2) is 29.3 Å². The van der Waals surface area contributed by atoms with E-state index in [1.807, 2.05) is 0 Å². The zero-order valence-corrected chi connectivity index (χ0v) is 16.9. The minimum absolute atomic E-state index is 0.159. The van der Waals surface area contributed by atoms with Crippen molar-refractivity contribution < 1.29 is 13.2 Å². The van der Waals surface area contributed by atoms with E-state index in [0.717, 1.165) is 36.4 Å². The van der Waals surface area contributed by atoms with E-state index in [0.29, 0.717) is 24.8 Å². The van der Waals surface area contributed by atoms with Crippen molar-refractivity contribution in [1.29, 1.82) is 0 Å². The summed E-state index contributed by atoms with van der Waals surface area (Å²) >= 11 is 12.4. The second-order valence-corrected chi connectivity index (χ2v) is 9.44.